The zero-order valence-electron chi connectivity index (χ0n) is 11.2. The number of rotatable bonds is 4. The topological polar surface area (TPSA) is 41.1 Å². The van der Waals surface area contributed by atoms with E-state index in [0.717, 1.165) is 21.4 Å². The van der Waals surface area contributed by atoms with Gasteiger partial charge in [-0.1, -0.05) is 39.1 Å². The molecule has 110 valence electrons. The Hall–Kier alpha value is -1.23. The molecule has 0 saturated carbocycles. The summed E-state index contributed by atoms with van der Waals surface area (Å²) >= 11 is 15.2. The van der Waals surface area contributed by atoms with E-state index in [1.54, 1.807) is 18.2 Å². The number of hydrogen-bond donors (Lipinski definition) is 2. The van der Waals surface area contributed by atoms with Gasteiger partial charge in [0.1, 0.15) is 0 Å². The molecule has 2 aromatic rings. The van der Waals surface area contributed by atoms with Crippen LogP contribution in [0.25, 0.3) is 0 Å². The highest BCUT2D eigenvalue weighted by Crippen LogP contribution is 2.25. The number of carbonyl (C=O) groups excluding carboxylic acids is 1. The van der Waals surface area contributed by atoms with Crippen molar-refractivity contribution in [3.05, 3.63) is 56.5 Å². The number of benzene rings is 2. The summed E-state index contributed by atoms with van der Waals surface area (Å²) in [6.45, 7) is 2.11. The van der Waals surface area contributed by atoms with Crippen LogP contribution in [-0.2, 0) is 4.79 Å². The van der Waals surface area contributed by atoms with Gasteiger partial charge in [0.25, 0.3) is 0 Å². The molecule has 0 atom stereocenters. The lowest BCUT2D eigenvalue weighted by molar-refractivity contribution is -0.114. The molecule has 0 radical (unpaired) electrons. The fourth-order valence-electron chi connectivity index (χ4n) is 1.72. The van der Waals surface area contributed by atoms with Crippen LogP contribution in [0.2, 0.25) is 10.0 Å². The largest absolute Gasteiger partial charge is 0.376 e. The Kier molecular flexibility index (Phi) is 5.51. The monoisotopic (exact) mass is 386 g/mol. The molecule has 0 aliphatic rings. The third-order valence-corrected chi connectivity index (χ3v) is 4.44. The van der Waals surface area contributed by atoms with Gasteiger partial charge in [0.2, 0.25) is 5.91 Å². The number of hydrogen-bond acceptors (Lipinski definition) is 2. The van der Waals surface area contributed by atoms with Crippen molar-refractivity contribution >= 4 is 56.4 Å². The van der Waals surface area contributed by atoms with Gasteiger partial charge < -0.3 is 10.6 Å². The Bertz CT molecular complexity index is 677. The van der Waals surface area contributed by atoms with E-state index in [-0.39, 0.29) is 12.5 Å². The van der Waals surface area contributed by atoms with E-state index in [1.807, 2.05) is 25.1 Å². The van der Waals surface area contributed by atoms with Crippen molar-refractivity contribution in [2.75, 3.05) is 17.2 Å². The molecule has 0 aromatic heterocycles. The lowest BCUT2D eigenvalue weighted by Crippen LogP contribution is -2.21. The first-order valence-corrected chi connectivity index (χ1v) is 7.75. The van der Waals surface area contributed by atoms with Crippen LogP contribution in [0.5, 0.6) is 0 Å². The average Bonchev–Trinajstić information content (AvgIpc) is 2.44. The fraction of sp³-hybridized carbons (Fsp3) is 0.133. The summed E-state index contributed by atoms with van der Waals surface area (Å²) in [7, 11) is 0. The van der Waals surface area contributed by atoms with Gasteiger partial charge in [-0.05, 0) is 48.9 Å². The maximum Gasteiger partial charge on any atom is 0.243 e. The zero-order valence-corrected chi connectivity index (χ0v) is 14.3. The van der Waals surface area contributed by atoms with Crippen LogP contribution in [0.1, 0.15) is 5.56 Å². The first-order chi connectivity index (χ1) is 9.95. The van der Waals surface area contributed by atoms with Crippen LogP contribution in [0.15, 0.2) is 40.9 Å². The van der Waals surface area contributed by atoms with Crippen LogP contribution in [0, 0.1) is 6.92 Å². The number of nitrogens with one attached hydrogen (secondary N) is 2. The number of amides is 1. The normalized spacial score (nSPS) is 10.3. The molecule has 0 spiro atoms. The predicted molar refractivity (Wildman–Crippen MR) is 92.5 cm³/mol. The van der Waals surface area contributed by atoms with Gasteiger partial charge >= 0.3 is 0 Å². The summed E-state index contributed by atoms with van der Waals surface area (Å²) in [5.74, 6) is -0.136. The van der Waals surface area contributed by atoms with E-state index < -0.39 is 0 Å². The quantitative estimate of drug-likeness (QED) is 0.764. The summed E-state index contributed by atoms with van der Waals surface area (Å²) in [6, 6.07) is 10.8. The van der Waals surface area contributed by atoms with Crippen molar-refractivity contribution in [1.29, 1.82) is 0 Å². The van der Waals surface area contributed by atoms with Crippen LogP contribution >= 0.6 is 39.1 Å². The number of carbonyl (C=O) groups is 1. The lowest BCUT2D eigenvalue weighted by atomic mass is 10.2. The molecule has 0 saturated heterocycles. The zero-order chi connectivity index (χ0) is 15.4. The Morgan fingerprint density at radius 2 is 1.81 bits per heavy atom. The Labute approximate surface area is 141 Å². The van der Waals surface area contributed by atoms with Gasteiger partial charge in [-0.3, -0.25) is 4.79 Å². The Morgan fingerprint density at radius 1 is 1.10 bits per heavy atom. The van der Waals surface area contributed by atoms with E-state index in [4.69, 9.17) is 23.2 Å². The molecule has 0 bridgehead atoms. The van der Waals surface area contributed by atoms with Crippen molar-refractivity contribution in [2.24, 2.45) is 0 Å². The molecule has 0 aliphatic heterocycles. The SMILES string of the molecule is Cc1cc(NC(=O)CNc2ccc(Cl)c(Cl)c2)ccc1Br. The van der Waals surface area contributed by atoms with Gasteiger partial charge in [-0.2, -0.15) is 0 Å². The molecule has 0 fully saturated rings. The smallest absolute Gasteiger partial charge is 0.243 e. The second kappa shape index (κ2) is 7.16. The minimum atomic E-state index is -0.136. The van der Waals surface area contributed by atoms with Gasteiger partial charge in [-0.15, -0.1) is 0 Å². The van der Waals surface area contributed by atoms with Crippen LogP contribution in [0.4, 0.5) is 11.4 Å². The lowest BCUT2D eigenvalue weighted by Gasteiger charge is -2.09. The number of aryl methyl sites for hydroxylation is 1. The van der Waals surface area contributed by atoms with Crippen LogP contribution in [-0.4, -0.2) is 12.5 Å². The third-order valence-electron chi connectivity index (χ3n) is 2.81. The van der Waals surface area contributed by atoms with Gasteiger partial charge in [0, 0.05) is 15.8 Å². The van der Waals surface area contributed by atoms with E-state index >= 15 is 0 Å². The minimum Gasteiger partial charge on any atom is -0.376 e. The molecule has 2 rings (SSSR count). The summed E-state index contributed by atoms with van der Waals surface area (Å²) < 4.78 is 1.01. The van der Waals surface area contributed by atoms with E-state index in [2.05, 4.69) is 26.6 Å². The summed E-state index contributed by atoms with van der Waals surface area (Å²) in [4.78, 5) is 11.9. The number of anilines is 2. The molecular formula is C15H13BrCl2N2O. The highest BCUT2D eigenvalue weighted by molar-refractivity contribution is 9.10. The molecule has 0 heterocycles. The molecule has 3 nitrogen and oxygen atoms in total. The maximum absolute atomic E-state index is 11.9. The molecule has 6 heteroatoms. The van der Waals surface area contributed by atoms with Crippen molar-refractivity contribution in [2.45, 2.75) is 6.92 Å². The van der Waals surface area contributed by atoms with Crippen LogP contribution < -0.4 is 10.6 Å². The standard InChI is InChI=1S/C15H13BrCl2N2O/c1-9-6-11(2-4-12(9)16)20-15(21)8-19-10-3-5-13(17)14(18)7-10/h2-7,19H,8H2,1H3,(H,20,21). The Morgan fingerprint density at radius 3 is 2.48 bits per heavy atom. The molecular weight excluding hydrogens is 375 g/mol. The Balaban J connectivity index is 1.92. The van der Waals surface area contributed by atoms with E-state index in [9.17, 15) is 4.79 Å². The van der Waals surface area contributed by atoms with Crippen molar-refractivity contribution in [1.82, 2.24) is 0 Å². The fourth-order valence-corrected chi connectivity index (χ4v) is 2.26. The third kappa shape index (κ3) is 4.63. The van der Waals surface area contributed by atoms with Crippen molar-refractivity contribution < 1.29 is 4.79 Å². The molecule has 0 unspecified atom stereocenters. The first-order valence-electron chi connectivity index (χ1n) is 6.20. The molecule has 2 N–H and O–H groups in total. The highest BCUT2D eigenvalue weighted by Gasteiger charge is 2.05. The van der Waals surface area contributed by atoms with Crippen molar-refractivity contribution in [3.63, 3.8) is 0 Å². The van der Waals surface area contributed by atoms with Crippen LogP contribution in [0.3, 0.4) is 0 Å². The first kappa shape index (κ1) is 16.1. The van der Waals surface area contributed by atoms with E-state index in [0.29, 0.717) is 10.0 Å². The van der Waals surface area contributed by atoms with Gasteiger partial charge in [0.05, 0.1) is 16.6 Å². The maximum atomic E-state index is 11.9. The summed E-state index contributed by atoms with van der Waals surface area (Å²) in [5, 5.41) is 6.75. The summed E-state index contributed by atoms with van der Waals surface area (Å²) in [6.07, 6.45) is 0. The molecule has 1 amide bonds. The predicted octanol–water partition coefficient (Wildman–Crippen LogP) is 5.11. The average molecular weight is 388 g/mol. The van der Waals surface area contributed by atoms with Gasteiger partial charge in [0.15, 0.2) is 0 Å². The molecule has 21 heavy (non-hydrogen) atoms. The minimum absolute atomic E-state index is 0.136. The highest BCUT2D eigenvalue weighted by atomic mass is 79.9. The number of halogens is 3. The molecule has 0 aliphatic carbocycles. The summed E-state index contributed by atoms with van der Waals surface area (Å²) in [5.41, 5.74) is 2.56. The van der Waals surface area contributed by atoms with Gasteiger partial charge in [-0.25, -0.2) is 0 Å². The molecule has 2 aromatic carbocycles. The van der Waals surface area contributed by atoms with E-state index in [1.165, 1.54) is 0 Å². The second-order valence-electron chi connectivity index (χ2n) is 4.49. The van der Waals surface area contributed by atoms with Crippen molar-refractivity contribution in [3.8, 4) is 0 Å². The second-order valence-corrected chi connectivity index (χ2v) is 6.16.